The van der Waals surface area contributed by atoms with Gasteiger partial charge in [-0.3, -0.25) is 10.1 Å². The number of hydrogen-bond acceptors (Lipinski definition) is 5. The molecule has 0 fully saturated rings. The standard InChI is InChI=1S/C14H12N2O3S/c1-8-7-15-14(20-8)16-12(17)11-6-9-4-2-3-5-10(9)13(18)19-11/h2-5,7,11H,6H2,1H3,(H,15,16,17)/t11-/m1/s1. The summed E-state index contributed by atoms with van der Waals surface area (Å²) in [5, 5.41) is 3.19. The van der Waals surface area contributed by atoms with Crippen molar-refractivity contribution in [2.24, 2.45) is 0 Å². The number of cyclic esters (lactones) is 1. The molecule has 0 unspecified atom stereocenters. The van der Waals surface area contributed by atoms with E-state index in [1.165, 1.54) is 11.3 Å². The summed E-state index contributed by atoms with van der Waals surface area (Å²) in [5.74, 6) is -0.801. The number of carbonyl (C=O) groups excluding carboxylic acids is 2. The van der Waals surface area contributed by atoms with Gasteiger partial charge in [0.2, 0.25) is 0 Å². The second-order valence-corrected chi connectivity index (χ2v) is 5.76. The van der Waals surface area contributed by atoms with Crippen LogP contribution in [0.15, 0.2) is 30.5 Å². The number of fused-ring (bicyclic) bond motifs is 1. The van der Waals surface area contributed by atoms with Crippen LogP contribution in [-0.2, 0) is 16.0 Å². The molecular formula is C14H12N2O3S. The minimum Gasteiger partial charge on any atom is -0.448 e. The quantitative estimate of drug-likeness (QED) is 0.860. The zero-order chi connectivity index (χ0) is 14.1. The third-order valence-corrected chi connectivity index (χ3v) is 3.86. The van der Waals surface area contributed by atoms with E-state index in [-0.39, 0.29) is 5.91 Å². The molecule has 1 aliphatic rings. The lowest BCUT2D eigenvalue weighted by Gasteiger charge is -2.23. The van der Waals surface area contributed by atoms with E-state index >= 15 is 0 Å². The molecule has 0 radical (unpaired) electrons. The average Bonchev–Trinajstić information content (AvgIpc) is 2.84. The molecule has 0 bridgehead atoms. The monoisotopic (exact) mass is 288 g/mol. The topological polar surface area (TPSA) is 68.3 Å². The van der Waals surface area contributed by atoms with Crippen LogP contribution in [0, 0.1) is 6.92 Å². The first-order chi connectivity index (χ1) is 9.63. The minimum absolute atomic E-state index is 0.345. The van der Waals surface area contributed by atoms with Gasteiger partial charge in [-0.05, 0) is 18.6 Å². The fourth-order valence-electron chi connectivity index (χ4n) is 2.08. The van der Waals surface area contributed by atoms with Gasteiger partial charge in [0.1, 0.15) is 0 Å². The number of aromatic nitrogens is 1. The van der Waals surface area contributed by atoms with Gasteiger partial charge in [0, 0.05) is 17.5 Å². The average molecular weight is 288 g/mol. The van der Waals surface area contributed by atoms with Crippen LogP contribution in [0.4, 0.5) is 5.13 Å². The maximum absolute atomic E-state index is 12.1. The predicted octanol–water partition coefficient (Wildman–Crippen LogP) is 2.17. The largest absolute Gasteiger partial charge is 0.448 e. The molecule has 1 atom stereocenters. The molecule has 2 aromatic rings. The lowest BCUT2D eigenvalue weighted by atomic mass is 9.98. The summed E-state index contributed by atoms with van der Waals surface area (Å²) in [7, 11) is 0. The van der Waals surface area contributed by atoms with Crippen molar-refractivity contribution in [3.8, 4) is 0 Å². The normalized spacial score (nSPS) is 17.2. The number of nitrogens with one attached hydrogen (secondary N) is 1. The fourth-order valence-corrected chi connectivity index (χ4v) is 2.74. The van der Waals surface area contributed by atoms with Gasteiger partial charge in [0.25, 0.3) is 5.91 Å². The SMILES string of the molecule is Cc1cnc(NC(=O)[C@H]2Cc3ccccc3C(=O)O2)s1. The molecule has 1 aromatic carbocycles. The first-order valence-electron chi connectivity index (χ1n) is 6.15. The molecule has 3 rings (SSSR count). The van der Waals surface area contributed by atoms with E-state index in [9.17, 15) is 9.59 Å². The van der Waals surface area contributed by atoms with Gasteiger partial charge in [-0.1, -0.05) is 18.2 Å². The van der Waals surface area contributed by atoms with E-state index in [2.05, 4.69) is 10.3 Å². The molecule has 0 aliphatic carbocycles. The Morgan fingerprint density at radius 2 is 2.25 bits per heavy atom. The van der Waals surface area contributed by atoms with Gasteiger partial charge in [0.15, 0.2) is 11.2 Å². The number of aryl methyl sites for hydroxylation is 1. The molecule has 0 saturated carbocycles. The summed E-state index contributed by atoms with van der Waals surface area (Å²) in [6, 6.07) is 7.16. The Labute approximate surface area is 119 Å². The zero-order valence-electron chi connectivity index (χ0n) is 10.8. The number of esters is 1. The van der Waals surface area contributed by atoms with Gasteiger partial charge in [0.05, 0.1) is 5.56 Å². The van der Waals surface area contributed by atoms with E-state index in [4.69, 9.17) is 4.74 Å². The lowest BCUT2D eigenvalue weighted by molar-refractivity contribution is -0.125. The zero-order valence-corrected chi connectivity index (χ0v) is 11.6. The summed E-state index contributed by atoms with van der Waals surface area (Å²) >= 11 is 1.38. The minimum atomic E-state index is -0.804. The van der Waals surface area contributed by atoms with Crippen molar-refractivity contribution in [1.82, 2.24) is 4.98 Å². The molecule has 1 aromatic heterocycles. The molecule has 5 nitrogen and oxygen atoms in total. The summed E-state index contributed by atoms with van der Waals surface area (Å²) in [5.41, 5.74) is 1.36. The number of nitrogens with zero attached hydrogens (tertiary/aromatic N) is 1. The molecule has 0 saturated heterocycles. The highest BCUT2D eigenvalue weighted by atomic mass is 32.1. The third kappa shape index (κ3) is 2.42. The van der Waals surface area contributed by atoms with Crippen LogP contribution in [0.5, 0.6) is 0 Å². The van der Waals surface area contributed by atoms with Crippen molar-refractivity contribution in [2.45, 2.75) is 19.4 Å². The number of anilines is 1. The van der Waals surface area contributed by atoms with E-state index in [0.717, 1.165) is 10.4 Å². The number of benzene rings is 1. The van der Waals surface area contributed by atoms with Crippen molar-refractivity contribution < 1.29 is 14.3 Å². The number of rotatable bonds is 2. The van der Waals surface area contributed by atoms with Crippen LogP contribution in [0.1, 0.15) is 20.8 Å². The highest BCUT2D eigenvalue weighted by molar-refractivity contribution is 7.15. The Bertz CT molecular complexity index is 681. The number of thiazole rings is 1. The van der Waals surface area contributed by atoms with Crippen molar-refractivity contribution in [3.63, 3.8) is 0 Å². The molecule has 102 valence electrons. The van der Waals surface area contributed by atoms with E-state index < -0.39 is 12.1 Å². The van der Waals surface area contributed by atoms with Crippen molar-refractivity contribution in [3.05, 3.63) is 46.5 Å². The highest BCUT2D eigenvalue weighted by Crippen LogP contribution is 2.22. The Morgan fingerprint density at radius 3 is 3.00 bits per heavy atom. The van der Waals surface area contributed by atoms with Crippen molar-refractivity contribution >= 4 is 28.3 Å². The smallest absolute Gasteiger partial charge is 0.339 e. The number of amides is 1. The summed E-state index contributed by atoms with van der Waals surface area (Å²) in [6.45, 7) is 1.91. The molecule has 20 heavy (non-hydrogen) atoms. The highest BCUT2D eigenvalue weighted by Gasteiger charge is 2.31. The van der Waals surface area contributed by atoms with Crippen LogP contribution in [0.25, 0.3) is 0 Å². The second kappa shape index (κ2) is 5.05. The maximum atomic E-state index is 12.1. The summed E-state index contributed by atoms with van der Waals surface area (Å²) < 4.78 is 5.18. The third-order valence-electron chi connectivity index (χ3n) is 3.04. The molecule has 2 heterocycles. The Kier molecular flexibility index (Phi) is 3.23. The Morgan fingerprint density at radius 1 is 1.45 bits per heavy atom. The van der Waals surface area contributed by atoms with Crippen LogP contribution in [-0.4, -0.2) is 23.0 Å². The van der Waals surface area contributed by atoms with Crippen LogP contribution in [0.3, 0.4) is 0 Å². The van der Waals surface area contributed by atoms with E-state index in [1.807, 2.05) is 19.1 Å². The first-order valence-corrected chi connectivity index (χ1v) is 6.97. The molecule has 1 amide bonds. The molecule has 1 N–H and O–H groups in total. The van der Waals surface area contributed by atoms with Gasteiger partial charge in [-0.2, -0.15) is 0 Å². The first kappa shape index (κ1) is 12.8. The van der Waals surface area contributed by atoms with E-state index in [1.54, 1.807) is 18.3 Å². The molecule has 6 heteroatoms. The van der Waals surface area contributed by atoms with Gasteiger partial charge >= 0.3 is 5.97 Å². The number of carbonyl (C=O) groups is 2. The number of hydrogen-bond donors (Lipinski definition) is 1. The van der Waals surface area contributed by atoms with E-state index in [0.29, 0.717) is 17.1 Å². The van der Waals surface area contributed by atoms with Crippen LogP contribution >= 0.6 is 11.3 Å². The fraction of sp³-hybridized carbons (Fsp3) is 0.214. The van der Waals surface area contributed by atoms with Gasteiger partial charge < -0.3 is 4.74 Å². The molecular weight excluding hydrogens is 276 g/mol. The van der Waals surface area contributed by atoms with Crippen molar-refractivity contribution in [2.75, 3.05) is 5.32 Å². The van der Waals surface area contributed by atoms with Crippen LogP contribution in [0.2, 0.25) is 0 Å². The Hall–Kier alpha value is -2.21. The van der Waals surface area contributed by atoms with Gasteiger partial charge in [-0.25, -0.2) is 9.78 Å². The summed E-state index contributed by atoms with van der Waals surface area (Å²) in [6.07, 6.45) is 1.27. The van der Waals surface area contributed by atoms with Gasteiger partial charge in [-0.15, -0.1) is 11.3 Å². The summed E-state index contributed by atoms with van der Waals surface area (Å²) in [4.78, 5) is 29.0. The predicted molar refractivity (Wildman–Crippen MR) is 74.8 cm³/mol. The van der Waals surface area contributed by atoms with Crippen molar-refractivity contribution in [1.29, 1.82) is 0 Å². The number of ether oxygens (including phenoxy) is 1. The Balaban J connectivity index is 1.76. The second-order valence-electron chi connectivity index (χ2n) is 4.52. The molecule has 0 spiro atoms. The van der Waals surface area contributed by atoms with Crippen LogP contribution < -0.4 is 5.32 Å². The lowest BCUT2D eigenvalue weighted by Crippen LogP contribution is -2.37. The molecule has 1 aliphatic heterocycles. The maximum Gasteiger partial charge on any atom is 0.339 e.